The number of benzene rings is 1. The number of nitrogens with one attached hydrogen (secondary N) is 1. The smallest absolute Gasteiger partial charge is 0.0945 e. The van der Waals surface area contributed by atoms with Crippen LogP contribution in [0.25, 0.3) is 0 Å². The Kier molecular flexibility index (Phi) is 4.38. The lowest BCUT2D eigenvalue weighted by molar-refractivity contribution is 0.538. The van der Waals surface area contributed by atoms with E-state index in [9.17, 15) is 0 Å². The Labute approximate surface area is 134 Å². The molecular formula is C15H18Cl2N4. The summed E-state index contributed by atoms with van der Waals surface area (Å²) < 4.78 is 2.04. The van der Waals surface area contributed by atoms with Gasteiger partial charge in [-0.15, -0.1) is 0 Å². The summed E-state index contributed by atoms with van der Waals surface area (Å²) in [6.07, 6.45) is 4.83. The maximum Gasteiger partial charge on any atom is 0.0945 e. The minimum atomic E-state index is 0.464. The van der Waals surface area contributed by atoms with Crippen molar-refractivity contribution in [3.8, 4) is 0 Å². The molecule has 0 aliphatic carbocycles. The van der Waals surface area contributed by atoms with Crippen molar-refractivity contribution >= 4 is 28.9 Å². The van der Waals surface area contributed by atoms with Gasteiger partial charge in [0.2, 0.25) is 0 Å². The number of hydrogen-bond acceptors (Lipinski definition) is 3. The maximum absolute atomic E-state index is 6.28. The Morgan fingerprint density at radius 2 is 2.24 bits per heavy atom. The van der Waals surface area contributed by atoms with Crippen LogP contribution in [0.15, 0.2) is 30.7 Å². The molecule has 1 saturated heterocycles. The average Bonchev–Trinajstić information content (AvgIpc) is 3.05. The molecule has 1 N–H and O–H groups in total. The minimum Gasteiger partial charge on any atom is -0.369 e. The number of aryl methyl sites for hydroxylation is 1. The average molecular weight is 325 g/mol. The molecule has 1 atom stereocenters. The first kappa shape index (κ1) is 14.7. The van der Waals surface area contributed by atoms with Gasteiger partial charge in [-0.2, -0.15) is 0 Å². The molecule has 21 heavy (non-hydrogen) atoms. The molecule has 1 aromatic heterocycles. The Morgan fingerprint density at radius 3 is 2.95 bits per heavy atom. The molecule has 1 aromatic carbocycles. The third-order valence-electron chi connectivity index (χ3n) is 3.93. The van der Waals surface area contributed by atoms with Crippen LogP contribution in [0, 0.1) is 0 Å². The van der Waals surface area contributed by atoms with Gasteiger partial charge in [-0.3, -0.25) is 0 Å². The molecule has 2 aromatic rings. The largest absolute Gasteiger partial charge is 0.369 e. The molecule has 0 saturated carbocycles. The normalized spacial score (nSPS) is 18.4. The lowest BCUT2D eigenvalue weighted by Crippen LogP contribution is -2.32. The van der Waals surface area contributed by atoms with Crippen molar-refractivity contribution in [3.05, 3.63) is 46.5 Å². The highest BCUT2D eigenvalue weighted by atomic mass is 35.5. The summed E-state index contributed by atoms with van der Waals surface area (Å²) in [6, 6.07) is 6.15. The van der Waals surface area contributed by atoms with Crippen LogP contribution in [-0.2, 0) is 13.6 Å². The zero-order valence-electron chi connectivity index (χ0n) is 11.9. The van der Waals surface area contributed by atoms with E-state index in [1.54, 1.807) is 6.07 Å². The van der Waals surface area contributed by atoms with E-state index in [-0.39, 0.29) is 0 Å². The van der Waals surface area contributed by atoms with E-state index in [2.05, 4.69) is 15.2 Å². The van der Waals surface area contributed by atoms with Crippen LogP contribution < -0.4 is 10.2 Å². The number of imidazole rings is 1. The van der Waals surface area contributed by atoms with Gasteiger partial charge in [0, 0.05) is 43.9 Å². The summed E-state index contributed by atoms with van der Waals surface area (Å²) >= 11 is 12.2. The van der Waals surface area contributed by atoms with E-state index in [0.717, 1.165) is 36.8 Å². The van der Waals surface area contributed by atoms with E-state index in [4.69, 9.17) is 23.2 Å². The number of anilines is 1. The van der Waals surface area contributed by atoms with E-state index < -0.39 is 0 Å². The first-order chi connectivity index (χ1) is 10.1. The Bertz CT molecular complexity index is 626. The molecule has 6 heteroatoms. The molecular weight excluding hydrogens is 307 g/mol. The summed E-state index contributed by atoms with van der Waals surface area (Å²) in [5.41, 5.74) is 2.25. The van der Waals surface area contributed by atoms with Crippen molar-refractivity contribution in [1.29, 1.82) is 0 Å². The summed E-state index contributed by atoms with van der Waals surface area (Å²) in [7, 11) is 2.01. The zero-order valence-corrected chi connectivity index (χ0v) is 13.4. The van der Waals surface area contributed by atoms with Crippen LogP contribution in [0.5, 0.6) is 0 Å². The zero-order chi connectivity index (χ0) is 14.8. The predicted octanol–water partition coefficient (Wildman–Crippen LogP) is 3.10. The van der Waals surface area contributed by atoms with Crippen molar-refractivity contribution in [1.82, 2.24) is 14.9 Å². The van der Waals surface area contributed by atoms with Crippen molar-refractivity contribution < 1.29 is 0 Å². The molecule has 1 fully saturated rings. The highest BCUT2D eigenvalue weighted by molar-refractivity contribution is 6.36. The quantitative estimate of drug-likeness (QED) is 0.938. The number of aromatic nitrogens is 2. The van der Waals surface area contributed by atoms with Crippen LogP contribution in [0.1, 0.15) is 12.1 Å². The summed E-state index contributed by atoms with van der Waals surface area (Å²) in [4.78, 5) is 6.44. The minimum absolute atomic E-state index is 0.464. The van der Waals surface area contributed by atoms with E-state index in [0.29, 0.717) is 11.1 Å². The lowest BCUT2D eigenvalue weighted by Gasteiger charge is -2.20. The number of hydrogen-bond donors (Lipinski definition) is 1. The van der Waals surface area contributed by atoms with Gasteiger partial charge >= 0.3 is 0 Å². The summed E-state index contributed by atoms with van der Waals surface area (Å²) in [5, 5.41) is 4.98. The Balaban J connectivity index is 1.59. The standard InChI is InChI=1S/C15H18Cl2N4/c1-20-10-18-7-13(20)8-19-12-4-5-21(9-12)15-3-2-11(16)6-14(15)17/h2-3,6-7,10,12,19H,4-5,8-9H2,1H3. The molecule has 3 rings (SSSR count). The topological polar surface area (TPSA) is 33.1 Å². The molecule has 2 heterocycles. The van der Waals surface area contributed by atoms with Crippen LogP contribution in [0.2, 0.25) is 10.0 Å². The van der Waals surface area contributed by atoms with Gasteiger partial charge in [0.05, 0.1) is 22.7 Å². The van der Waals surface area contributed by atoms with Crippen molar-refractivity contribution in [2.24, 2.45) is 7.05 Å². The van der Waals surface area contributed by atoms with Gasteiger partial charge in [0.1, 0.15) is 0 Å². The van der Waals surface area contributed by atoms with Crippen molar-refractivity contribution in [3.63, 3.8) is 0 Å². The van der Waals surface area contributed by atoms with Gasteiger partial charge in [-0.05, 0) is 24.6 Å². The Hall–Kier alpha value is -1.23. The van der Waals surface area contributed by atoms with Crippen LogP contribution in [-0.4, -0.2) is 28.7 Å². The summed E-state index contributed by atoms with van der Waals surface area (Å²) in [6.45, 7) is 2.80. The lowest BCUT2D eigenvalue weighted by atomic mass is 10.2. The molecule has 0 radical (unpaired) electrons. The highest BCUT2D eigenvalue weighted by Crippen LogP contribution is 2.31. The second kappa shape index (κ2) is 6.26. The van der Waals surface area contributed by atoms with Gasteiger partial charge in [0.15, 0.2) is 0 Å². The molecule has 1 aliphatic rings. The highest BCUT2D eigenvalue weighted by Gasteiger charge is 2.23. The molecule has 1 aliphatic heterocycles. The number of nitrogens with zero attached hydrogens (tertiary/aromatic N) is 3. The predicted molar refractivity (Wildman–Crippen MR) is 87.1 cm³/mol. The molecule has 4 nitrogen and oxygen atoms in total. The fourth-order valence-electron chi connectivity index (χ4n) is 2.69. The van der Waals surface area contributed by atoms with E-state index in [1.807, 2.05) is 36.3 Å². The Morgan fingerprint density at radius 1 is 1.38 bits per heavy atom. The summed E-state index contributed by atoms with van der Waals surface area (Å²) in [5.74, 6) is 0. The maximum atomic E-state index is 6.28. The van der Waals surface area contributed by atoms with Gasteiger partial charge in [-0.25, -0.2) is 4.98 Å². The molecule has 0 amide bonds. The SMILES string of the molecule is Cn1cncc1CNC1CCN(c2ccc(Cl)cc2Cl)C1. The van der Waals surface area contributed by atoms with E-state index >= 15 is 0 Å². The first-order valence-corrected chi connectivity index (χ1v) is 7.77. The van der Waals surface area contributed by atoms with Gasteiger partial charge < -0.3 is 14.8 Å². The second-order valence-corrected chi connectivity index (χ2v) is 6.25. The molecule has 0 bridgehead atoms. The van der Waals surface area contributed by atoms with Crippen LogP contribution >= 0.6 is 23.2 Å². The third kappa shape index (κ3) is 3.34. The van der Waals surface area contributed by atoms with Gasteiger partial charge in [0.25, 0.3) is 0 Å². The monoisotopic (exact) mass is 324 g/mol. The second-order valence-electron chi connectivity index (χ2n) is 5.40. The van der Waals surface area contributed by atoms with Crippen LogP contribution in [0.4, 0.5) is 5.69 Å². The van der Waals surface area contributed by atoms with E-state index in [1.165, 1.54) is 5.69 Å². The fourth-order valence-corrected chi connectivity index (χ4v) is 3.22. The van der Waals surface area contributed by atoms with Crippen molar-refractivity contribution in [2.75, 3.05) is 18.0 Å². The fraction of sp³-hybridized carbons (Fsp3) is 0.400. The third-order valence-corrected chi connectivity index (χ3v) is 4.46. The van der Waals surface area contributed by atoms with Crippen LogP contribution in [0.3, 0.4) is 0 Å². The molecule has 1 unspecified atom stereocenters. The van der Waals surface area contributed by atoms with Gasteiger partial charge in [-0.1, -0.05) is 23.2 Å². The number of halogens is 2. The molecule has 0 spiro atoms. The molecule has 112 valence electrons. The first-order valence-electron chi connectivity index (χ1n) is 7.02. The number of rotatable bonds is 4. The van der Waals surface area contributed by atoms with Crippen molar-refractivity contribution in [2.45, 2.75) is 19.0 Å².